The van der Waals surface area contributed by atoms with Gasteiger partial charge in [-0.2, -0.15) is 0 Å². The Morgan fingerprint density at radius 2 is 1.00 bits per heavy atom. The van der Waals surface area contributed by atoms with E-state index in [1.807, 2.05) is 0 Å². The van der Waals surface area contributed by atoms with Crippen molar-refractivity contribution in [3.63, 3.8) is 0 Å². The second kappa shape index (κ2) is 6.02. The molecule has 0 aromatic heterocycles. The highest BCUT2D eigenvalue weighted by molar-refractivity contribution is 4.85. The number of hydrogen-bond acceptors (Lipinski definition) is 2. The molecule has 0 saturated carbocycles. The monoisotopic (exact) mass is 228 g/mol. The summed E-state index contributed by atoms with van der Waals surface area (Å²) in [6.45, 7) is 13.5. The second-order valence-electron chi connectivity index (χ2n) is 6.77. The van der Waals surface area contributed by atoms with Gasteiger partial charge in [0.15, 0.2) is 0 Å². The van der Waals surface area contributed by atoms with Crippen molar-refractivity contribution in [3.8, 4) is 0 Å². The van der Waals surface area contributed by atoms with E-state index in [9.17, 15) is 0 Å². The first-order valence-corrected chi connectivity index (χ1v) is 6.64. The lowest BCUT2D eigenvalue weighted by atomic mass is 9.77. The quantitative estimate of drug-likeness (QED) is 0.702. The molecule has 0 amide bonds. The van der Waals surface area contributed by atoms with Crippen LogP contribution in [-0.2, 0) is 0 Å². The van der Waals surface area contributed by atoms with Crippen LogP contribution in [0.5, 0.6) is 0 Å². The topological polar surface area (TPSA) is 52.0 Å². The Kier molecular flexibility index (Phi) is 5.99. The van der Waals surface area contributed by atoms with E-state index < -0.39 is 0 Å². The van der Waals surface area contributed by atoms with Gasteiger partial charge in [-0.25, -0.2) is 0 Å². The fourth-order valence-electron chi connectivity index (χ4n) is 1.87. The van der Waals surface area contributed by atoms with Crippen LogP contribution in [0.2, 0.25) is 0 Å². The molecule has 0 spiro atoms. The van der Waals surface area contributed by atoms with Crippen LogP contribution in [0.4, 0.5) is 0 Å². The van der Waals surface area contributed by atoms with Crippen molar-refractivity contribution in [2.24, 2.45) is 22.3 Å². The van der Waals surface area contributed by atoms with Crippen LogP contribution in [0.1, 0.15) is 67.2 Å². The van der Waals surface area contributed by atoms with Crippen LogP contribution in [0, 0.1) is 10.8 Å². The third-order valence-electron chi connectivity index (χ3n) is 4.04. The number of rotatable bonds is 7. The molecule has 2 heteroatoms. The first kappa shape index (κ1) is 15.9. The van der Waals surface area contributed by atoms with Crippen molar-refractivity contribution in [1.82, 2.24) is 0 Å². The smallest absolute Gasteiger partial charge is 0.0197 e. The van der Waals surface area contributed by atoms with Crippen LogP contribution in [0.25, 0.3) is 0 Å². The van der Waals surface area contributed by atoms with Crippen molar-refractivity contribution in [3.05, 3.63) is 0 Å². The number of nitrogens with two attached hydrogens (primary N) is 2. The second-order valence-corrected chi connectivity index (χ2v) is 6.77. The molecule has 4 N–H and O–H groups in total. The van der Waals surface area contributed by atoms with Crippen LogP contribution in [0.15, 0.2) is 0 Å². The third-order valence-corrected chi connectivity index (χ3v) is 4.04. The fourth-order valence-corrected chi connectivity index (χ4v) is 1.87. The summed E-state index contributed by atoms with van der Waals surface area (Å²) >= 11 is 0. The maximum Gasteiger partial charge on any atom is 0.0197 e. The van der Waals surface area contributed by atoms with Gasteiger partial charge in [-0.1, -0.05) is 54.4 Å². The molecule has 98 valence electrons. The molecule has 0 aromatic rings. The zero-order valence-corrected chi connectivity index (χ0v) is 12.1. The van der Waals surface area contributed by atoms with Gasteiger partial charge in [0.1, 0.15) is 0 Å². The van der Waals surface area contributed by atoms with Gasteiger partial charge in [-0.05, 0) is 23.7 Å². The van der Waals surface area contributed by atoms with E-state index in [2.05, 4.69) is 41.5 Å². The zero-order valence-electron chi connectivity index (χ0n) is 12.1. The highest BCUT2D eigenvalue weighted by Crippen LogP contribution is 2.30. The lowest BCUT2D eigenvalue weighted by Crippen LogP contribution is -2.46. The van der Waals surface area contributed by atoms with E-state index >= 15 is 0 Å². The largest absolute Gasteiger partial charge is 0.326 e. The highest BCUT2D eigenvalue weighted by Gasteiger charge is 2.27. The molecule has 0 rings (SSSR count). The molecule has 0 aliphatic carbocycles. The van der Waals surface area contributed by atoms with Crippen molar-refractivity contribution >= 4 is 0 Å². The van der Waals surface area contributed by atoms with Crippen molar-refractivity contribution in [2.45, 2.75) is 79.3 Å². The predicted molar refractivity (Wildman–Crippen MR) is 73.3 cm³/mol. The van der Waals surface area contributed by atoms with Crippen molar-refractivity contribution in [1.29, 1.82) is 0 Å². The molecular weight excluding hydrogens is 196 g/mol. The van der Waals surface area contributed by atoms with E-state index in [4.69, 9.17) is 11.5 Å². The van der Waals surface area contributed by atoms with Gasteiger partial charge in [-0.15, -0.1) is 0 Å². The Bertz CT molecular complexity index is 175. The summed E-state index contributed by atoms with van der Waals surface area (Å²) in [7, 11) is 0. The maximum atomic E-state index is 6.22. The van der Waals surface area contributed by atoms with E-state index in [-0.39, 0.29) is 12.1 Å². The SMILES string of the molecule is CCC(C)(C)CC(N)C(N)CC(C)(C)CC. The molecule has 0 aliphatic rings. The summed E-state index contributed by atoms with van der Waals surface area (Å²) in [5.74, 6) is 0. The third kappa shape index (κ3) is 5.86. The van der Waals surface area contributed by atoms with Crippen LogP contribution >= 0.6 is 0 Å². The minimum atomic E-state index is 0.126. The standard InChI is InChI=1S/C14H32N2/c1-7-13(3,4)9-11(15)12(16)10-14(5,6)8-2/h11-12H,7-10,15-16H2,1-6H3. The lowest BCUT2D eigenvalue weighted by Gasteiger charge is -2.33. The lowest BCUT2D eigenvalue weighted by molar-refractivity contribution is 0.230. The molecule has 0 aromatic carbocycles. The molecule has 0 fully saturated rings. The van der Waals surface area contributed by atoms with E-state index in [0.29, 0.717) is 10.8 Å². The van der Waals surface area contributed by atoms with Crippen molar-refractivity contribution < 1.29 is 0 Å². The molecule has 2 unspecified atom stereocenters. The van der Waals surface area contributed by atoms with E-state index in [1.54, 1.807) is 0 Å². The Morgan fingerprint density at radius 3 is 1.19 bits per heavy atom. The first-order valence-electron chi connectivity index (χ1n) is 6.64. The van der Waals surface area contributed by atoms with Crippen LogP contribution in [-0.4, -0.2) is 12.1 Å². The Morgan fingerprint density at radius 1 is 0.750 bits per heavy atom. The van der Waals surface area contributed by atoms with Gasteiger partial charge in [0.25, 0.3) is 0 Å². The Balaban J connectivity index is 4.24. The molecule has 16 heavy (non-hydrogen) atoms. The van der Waals surface area contributed by atoms with Crippen molar-refractivity contribution in [2.75, 3.05) is 0 Å². The molecule has 0 aliphatic heterocycles. The summed E-state index contributed by atoms with van der Waals surface area (Å²) < 4.78 is 0. The predicted octanol–water partition coefficient (Wildman–Crippen LogP) is 3.29. The van der Waals surface area contributed by atoms with Gasteiger partial charge in [0.05, 0.1) is 0 Å². The molecule has 0 bridgehead atoms. The van der Waals surface area contributed by atoms with Crippen LogP contribution in [0.3, 0.4) is 0 Å². The average molecular weight is 228 g/mol. The van der Waals surface area contributed by atoms with Gasteiger partial charge in [0.2, 0.25) is 0 Å². The van der Waals surface area contributed by atoms with Crippen LogP contribution < -0.4 is 11.5 Å². The Hall–Kier alpha value is -0.0800. The minimum Gasteiger partial charge on any atom is -0.326 e. The van der Waals surface area contributed by atoms with E-state index in [0.717, 1.165) is 25.7 Å². The van der Waals surface area contributed by atoms with Gasteiger partial charge in [0, 0.05) is 12.1 Å². The summed E-state index contributed by atoms with van der Waals surface area (Å²) in [5, 5.41) is 0. The molecule has 2 nitrogen and oxygen atoms in total. The Labute approximate surface area is 102 Å². The number of hydrogen-bond donors (Lipinski definition) is 2. The average Bonchev–Trinajstić information content (AvgIpc) is 2.16. The van der Waals surface area contributed by atoms with E-state index in [1.165, 1.54) is 0 Å². The summed E-state index contributed by atoms with van der Waals surface area (Å²) in [6, 6.07) is 0.251. The summed E-state index contributed by atoms with van der Waals surface area (Å²) in [6.07, 6.45) is 4.35. The minimum absolute atomic E-state index is 0.126. The summed E-state index contributed by atoms with van der Waals surface area (Å²) in [5.41, 5.74) is 13.1. The molecule has 2 atom stereocenters. The first-order chi connectivity index (χ1) is 7.13. The van der Waals surface area contributed by atoms with Gasteiger partial charge < -0.3 is 11.5 Å². The molecule has 0 saturated heterocycles. The molecular formula is C14H32N2. The fraction of sp³-hybridized carbons (Fsp3) is 1.00. The normalized spacial score (nSPS) is 17.2. The molecule has 0 radical (unpaired) electrons. The highest BCUT2D eigenvalue weighted by atomic mass is 14.8. The van der Waals surface area contributed by atoms with Gasteiger partial charge in [-0.3, -0.25) is 0 Å². The summed E-state index contributed by atoms with van der Waals surface area (Å²) in [4.78, 5) is 0. The zero-order chi connectivity index (χ0) is 13.0. The van der Waals surface area contributed by atoms with Gasteiger partial charge >= 0.3 is 0 Å². The molecule has 0 heterocycles. The maximum absolute atomic E-state index is 6.22.